The minimum absolute atomic E-state index is 0.425. The zero-order chi connectivity index (χ0) is 8.10. The van der Waals surface area contributed by atoms with Crippen molar-refractivity contribution in [2.75, 3.05) is 5.75 Å². The molecule has 64 valence electrons. The molecule has 1 aliphatic heterocycles. The van der Waals surface area contributed by atoms with E-state index in [1.54, 1.807) is 0 Å². The summed E-state index contributed by atoms with van der Waals surface area (Å²) in [5.74, 6) is 2.08. The number of nitrogens with two attached hydrogens (primary N) is 1. The molecule has 0 saturated heterocycles. The van der Waals surface area contributed by atoms with E-state index < -0.39 is 0 Å². The number of thioether (sulfide) groups is 1. The van der Waals surface area contributed by atoms with E-state index in [0.717, 1.165) is 12.3 Å². The van der Waals surface area contributed by atoms with Gasteiger partial charge in [-0.2, -0.15) is 0 Å². The first kappa shape index (κ1) is 9.14. The molecule has 0 radical (unpaired) electrons. The highest BCUT2D eigenvalue weighted by atomic mass is 32.2. The first-order chi connectivity index (χ1) is 5.33. The quantitative estimate of drug-likeness (QED) is 0.703. The van der Waals surface area contributed by atoms with Gasteiger partial charge in [-0.3, -0.25) is 0 Å². The van der Waals surface area contributed by atoms with E-state index in [0.29, 0.717) is 6.04 Å². The minimum atomic E-state index is 0.425. The van der Waals surface area contributed by atoms with Crippen molar-refractivity contribution in [2.45, 2.75) is 32.2 Å². The van der Waals surface area contributed by atoms with Gasteiger partial charge in [0.2, 0.25) is 0 Å². The van der Waals surface area contributed by atoms with E-state index in [1.807, 2.05) is 11.8 Å². The summed E-state index contributed by atoms with van der Waals surface area (Å²) >= 11 is 1.92. The Morgan fingerprint density at radius 1 is 1.73 bits per heavy atom. The van der Waals surface area contributed by atoms with Gasteiger partial charge >= 0.3 is 0 Å². The Labute approximate surface area is 73.4 Å². The summed E-state index contributed by atoms with van der Waals surface area (Å²) in [6.07, 6.45) is 5.89. The first-order valence-corrected chi connectivity index (χ1v) is 5.41. The molecule has 1 heterocycles. The van der Waals surface area contributed by atoms with Gasteiger partial charge in [0.05, 0.1) is 0 Å². The zero-order valence-corrected chi connectivity index (χ0v) is 7.94. The van der Waals surface area contributed by atoms with Crippen LogP contribution in [0.5, 0.6) is 0 Å². The summed E-state index contributed by atoms with van der Waals surface area (Å²) in [7, 11) is 0. The predicted molar refractivity (Wildman–Crippen MR) is 52.6 cm³/mol. The maximum absolute atomic E-state index is 5.82. The second-order valence-electron chi connectivity index (χ2n) is 3.17. The largest absolute Gasteiger partial charge is 0.328 e. The van der Waals surface area contributed by atoms with E-state index in [2.05, 4.69) is 18.4 Å². The summed E-state index contributed by atoms with van der Waals surface area (Å²) in [6.45, 7) is 2.16. The zero-order valence-electron chi connectivity index (χ0n) is 7.12. The monoisotopic (exact) mass is 171 g/mol. The Balaban J connectivity index is 2.06. The Bertz CT molecular complexity index is 134. The summed E-state index contributed by atoms with van der Waals surface area (Å²) in [5.41, 5.74) is 5.82. The van der Waals surface area contributed by atoms with Gasteiger partial charge < -0.3 is 5.73 Å². The third-order valence-corrected chi connectivity index (χ3v) is 3.16. The van der Waals surface area contributed by atoms with Crippen LogP contribution in [0, 0.1) is 5.92 Å². The molecule has 0 aromatic rings. The smallest absolute Gasteiger partial charge is 0.00373 e. The summed E-state index contributed by atoms with van der Waals surface area (Å²) < 4.78 is 0. The van der Waals surface area contributed by atoms with Crippen LogP contribution in [-0.2, 0) is 0 Å². The Morgan fingerprint density at radius 2 is 2.55 bits per heavy atom. The molecule has 2 unspecified atom stereocenters. The summed E-state index contributed by atoms with van der Waals surface area (Å²) in [6, 6.07) is 0.425. The van der Waals surface area contributed by atoms with E-state index in [-0.39, 0.29) is 0 Å². The molecule has 0 saturated carbocycles. The van der Waals surface area contributed by atoms with Crippen LogP contribution < -0.4 is 5.73 Å². The van der Waals surface area contributed by atoms with Crippen LogP contribution in [0.25, 0.3) is 0 Å². The van der Waals surface area contributed by atoms with Gasteiger partial charge in [-0.1, -0.05) is 13.0 Å². The topological polar surface area (TPSA) is 26.0 Å². The highest BCUT2D eigenvalue weighted by molar-refractivity contribution is 8.02. The molecular formula is C9H17NS. The lowest BCUT2D eigenvalue weighted by molar-refractivity contribution is 0.522. The van der Waals surface area contributed by atoms with Crippen molar-refractivity contribution >= 4 is 11.8 Å². The Hall–Kier alpha value is 0.0500. The lowest BCUT2D eigenvalue weighted by atomic mass is 10.0. The van der Waals surface area contributed by atoms with Crippen LogP contribution in [0.1, 0.15) is 26.2 Å². The third kappa shape index (κ3) is 3.30. The fourth-order valence-corrected chi connectivity index (χ4v) is 2.18. The summed E-state index contributed by atoms with van der Waals surface area (Å²) in [5, 5.41) is 2.21. The van der Waals surface area contributed by atoms with E-state index in [4.69, 9.17) is 5.73 Å². The van der Waals surface area contributed by atoms with E-state index in [9.17, 15) is 0 Å². The fraction of sp³-hybridized carbons (Fsp3) is 0.778. The first-order valence-electron chi connectivity index (χ1n) is 4.36. The molecule has 0 fully saturated rings. The lowest BCUT2D eigenvalue weighted by Gasteiger charge is -2.10. The molecule has 2 heteroatoms. The van der Waals surface area contributed by atoms with Crippen LogP contribution in [0.3, 0.4) is 0 Å². The molecule has 0 spiro atoms. The van der Waals surface area contributed by atoms with Gasteiger partial charge in [0.15, 0.2) is 0 Å². The number of hydrogen-bond acceptors (Lipinski definition) is 2. The van der Waals surface area contributed by atoms with Gasteiger partial charge in [0.25, 0.3) is 0 Å². The molecule has 0 aliphatic carbocycles. The Kier molecular flexibility index (Phi) is 4.02. The number of allylic oxidation sites excluding steroid dienone is 1. The van der Waals surface area contributed by atoms with Crippen LogP contribution in [0.2, 0.25) is 0 Å². The van der Waals surface area contributed by atoms with Crippen molar-refractivity contribution in [3.05, 3.63) is 11.5 Å². The second-order valence-corrected chi connectivity index (χ2v) is 4.11. The molecule has 0 aromatic carbocycles. The van der Waals surface area contributed by atoms with E-state index in [1.165, 1.54) is 18.6 Å². The lowest BCUT2D eigenvalue weighted by Crippen LogP contribution is -2.19. The fourth-order valence-electron chi connectivity index (χ4n) is 1.21. The third-order valence-electron chi connectivity index (χ3n) is 2.19. The van der Waals surface area contributed by atoms with Crippen molar-refractivity contribution in [1.29, 1.82) is 0 Å². The molecule has 2 N–H and O–H groups in total. The highest BCUT2D eigenvalue weighted by Gasteiger charge is 2.10. The van der Waals surface area contributed by atoms with Crippen molar-refractivity contribution in [1.82, 2.24) is 0 Å². The maximum Gasteiger partial charge on any atom is 0.00373 e. The molecule has 1 aliphatic rings. The molecule has 0 bridgehead atoms. The minimum Gasteiger partial charge on any atom is -0.328 e. The molecule has 1 rings (SSSR count). The van der Waals surface area contributed by atoms with Crippen LogP contribution in [-0.4, -0.2) is 11.8 Å². The molecule has 0 amide bonds. The molecular weight excluding hydrogens is 154 g/mol. The van der Waals surface area contributed by atoms with Gasteiger partial charge in [0.1, 0.15) is 0 Å². The average Bonchev–Trinajstić information content (AvgIpc) is 2.52. The molecule has 0 aromatic heterocycles. The van der Waals surface area contributed by atoms with Crippen LogP contribution in [0.15, 0.2) is 11.5 Å². The maximum atomic E-state index is 5.82. The second kappa shape index (κ2) is 4.83. The highest BCUT2D eigenvalue weighted by Crippen LogP contribution is 2.24. The van der Waals surface area contributed by atoms with Crippen LogP contribution in [0.4, 0.5) is 0 Å². The number of rotatable bonds is 4. The normalized spacial score (nSPS) is 25.8. The van der Waals surface area contributed by atoms with Crippen molar-refractivity contribution < 1.29 is 0 Å². The van der Waals surface area contributed by atoms with E-state index >= 15 is 0 Å². The molecule has 11 heavy (non-hydrogen) atoms. The molecule has 2 atom stereocenters. The van der Waals surface area contributed by atoms with Gasteiger partial charge in [-0.15, -0.1) is 11.8 Å². The van der Waals surface area contributed by atoms with Crippen molar-refractivity contribution in [2.24, 2.45) is 11.7 Å². The summed E-state index contributed by atoms with van der Waals surface area (Å²) in [4.78, 5) is 0. The predicted octanol–water partition coefficient (Wildman–Crippen LogP) is 2.38. The average molecular weight is 171 g/mol. The van der Waals surface area contributed by atoms with Gasteiger partial charge in [0, 0.05) is 11.8 Å². The van der Waals surface area contributed by atoms with Crippen molar-refractivity contribution in [3.8, 4) is 0 Å². The van der Waals surface area contributed by atoms with Crippen LogP contribution >= 0.6 is 11.8 Å². The number of hydrogen-bond donors (Lipinski definition) is 1. The SMILES string of the molecule is CCC(N)CCC1C=CSC1. The Morgan fingerprint density at radius 3 is 3.09 bits per heavy atom. The van der Waals surface area contributed by atoms with Gasteiger partial charge in [-0.05, 0) is 30.6 Å². The van der Waals surface area contributed by atoms with Crippen molar-refractivity contribution in [3.63, 3.8) is 0 Å². The van der Waals surface area contributed by atoms with Gasteiger partial charge in [-0.25, -0.2) is 0 Å². The molecule has 1 nitrogen and oxygen atoms in total. The standard InChI is InChI=1S/C9H17NS/c1-2-9(10)4-3-8-5-6-11-7-8/h5-6,8-9H,2-4,7,10H2,1H3.